The van der Waals surface area contributed by atoms with Crippen LogP contribution in [0.25, 0.3) is 0 Å². The lowest BCUT2D eigenvalue weighted by atomic mass is 9.94. The molecule has 30 heavy (non-hydrogen) atoms. The van der Waals surface area contributed by atoms with Gasteiger partial charge < -0.3 is 9.64 Å². The van der Waals surface area contributed by atoms with Crippen LogP contribution in [-0.2, 0) is 21.2 Å². The van der Waals surface area contributed by atoms with E-state index in [2.05, 4.69) is 18.6 Å². The number of benzene rings is 2. The van der Waals surface area contributed by atoms with E-state index in [4.69, 9.17) is 4.74 Å². The summed E-state index contributed by atoms with van der Waals surface area (Å²) < 4.78 is 33.8. The van der Waals surface area contributed by atoms with Crippen LogP contribution in [0, 0.1) is 11.3 Å². The maximum Gasteiger partial charge on any atom is 0.261 e. The van der Waals surface area contributed by atoms with Crippen molar-refractivity contribution in [3.63, 3.8) is 0 Å². The number of rotatable bonds is 6. The molecule has 3 rings (SSSR count). The minimum atomic E-state index is -3.72. The van der Waals surface area contributed by atoms with Gasteiger partial charge in [0.2, 0.25) is 5.91 Å². The van der Waals surface area contributed by atoms with E-state index in [1.54, 1.807) is 23.1 Å². The highest BCUT2D eigenvalue weighted by Gasteiger charge is 2.32. The maximum absolute atomic E-state index is 12.8. The van der Waals surface area contributed by atoms with Gasteiger partial charge in [0.05, 0.1) is 11.5 Å². The molecule has 2 aromatic carbocycles. The van der Waals surface area contributed by atoms with E-state index in [0.717, 1.165) is 11.3 Å². The lowest BCUT2D eigenvalue weighted by molar-refractivity contribution is -0.125. The van der Waals surface area contributed by atoms with Gasteiger partial charge in [0.25, 0.3) is 10.0 Å². The van der Waals surface area contributed by atoms with Crippen molar-refractivity contribution in [3.05, 3.63) is 48.0 Å². The molecule has 0 radical (unpaired) electrons. The summed E-state index contributed by atoms with van der Waals surface area (Å²) >= 11 is 0. The van der Waals surface area contributed by atoms with Crippen LogP contribution in [0.5, 0.6) is 5.75 Å². The molecule has 0 spiro atoms. The molecule has 1 N–H and O–H groups in total. The second-order valence-corrected chi connectivity index (χ2v) is 10.8. The number of ether oxygens (including phenoxy) is 1. The van der Waals surface area contributed by atoms with E-state index in [1.165, 1.54) is 12.1 Å². The van der Waals surface area contributed by atoms with Crippen molar-refractivity contribution in [1.29, 1.82) is 0 Å². The fourth-order valence-corrected chi connectivity index (χ4v) is 4.32. The van der Waals surface area contributed by atoms with E-state index in [0.29, 0.717) is 36.9 Å². The third-order valence-electron chi connectivity index (χ3n) is 4.83. The summed E-state index contributed by atoms with van der Waals surface area (Å²) in [4.78, 5) is 14.6. The van der Waals surface area contributed by atoms with Crippen LogP contribution in [0.4, 0.5) is 11.4 Å². The summed E-state index contributed by atoms with van der Waals surface area (Å²) in [6, 6.07) is 11.7. The number of nitrogens with one attached hydrogen (secondary N) is 1. The monoisotopic (exact) mass is 430 g/mol. The zero-order valence-electron chi connectivity index (χ0n) is 18.2. The van der Waals surface area contributed by atoms with Crippen molar-refractivity contribution in [2.75, 3.05) is 22.8 Å². The fourth-order valence-electron chi connectivity index (χ4n) is 3.27. The van der Waals surface area contributed by atoms with Crippen LogP contribution in [-0.4, -0.2) is 27.5 Å². The van der Waals surface area contributed by atoms with E-state index < -0.39 is 15.4 Å². The molecule has 162 valence electrons. The van der Waals surface area contributed by atoms with Gasteiger partial charge in [-0.3, -0.25) is 9.52 Å². The summed E-state index contributed by atoms with van der Waals surface area (Å²) in [5.74, 6) is 1.10. The van der Waals surface area contributed by atoms with Gasteiger partial charge >= 0.3 is 0 Å². The number of fused-ring (bicyclic) bond motifs is 1. The predicted octanol–water partition coefficient (Wildman–Crippen LogP) is 4.46. The highest BCUT2D eigenvalue weighted by molar-refractivity contribution is 7.92. The van der Waals surface area contributed by atoms with Gasteiger partial charge in [-0.2, -0.15) is 0 Å². The van der Waals surface area contributed by atoms with Gasteiger partial charge in [0, 0.05) is 23.3 Å². The predicted molar refractivity (Wildman–Crippen MR) is 120 cm³/mol. The Kier molecular flexibility index (Phi) is 6.13. The van der Waals surface area contributed by atoms with Crippen molar-refractivity contribution in [1.82, 2.24) is 0 Å². The Balaban J connectivity index is 1.74. The Hall–Kier alpha value is -2.54. The molecule has 1 amide bonds. The zero-order chi connectivity index (χ0) is 22.1. The van der Waals surface area contributed by atoms with Crippen LogP contribution in [0.3, 0.4) is 0 Å². The Labute approximate surface area is 179 Å². The van der Waals surface area contributed by atoms with Crippen molar-refractivity contribution in [2.45, 2.75) is 45.9 Å². The zero-order valence-corrected chi connectivity index (χ0v) is 19.0. The average molecular weight is 431 g/mol. The molecular weight excluding hydrogens is 400 g/mol. The molecule has 0 bridgehead atoms. The third kappa shape index (κ3) is 4.95. The molecule has 0 atom stereocenters. The van der Waals surface area contributed by atoms with Crippen molar-refractivity contribution in [2.24, 2.45) is 11.3 Å². The summed E-state index contributed by atoms with van der Waals surface area (Å²) in [6.45, 7) is 11.0. The van der Waals surface area contributed by atoms with Crippen molar-refractivity contribution in [3.8, 4) is 5.75 Å². The molecule has 0 aliphatic carbocycles. The summed E-state index contributed by atoms with van der Waals surface area (Å²) in [5, 5.41) is 0. The van der Waals surface area contributed by atoms with Gasteiger partial charge in [-0.1, -0.05) is 34.6 Å². The lowest BCUT2D eigenvalue weighted by Gasteiger charge is -2.26. The molecule has 2 aromatic rings. The standard InChI is InChI=1S/C23H30N2O4S/c1-16(2)15-29-19-7-9-20(10-8-19)30(27,28)24-18-6-11-21-17(14-18)12-13-25(21)22(26)23(3,4)5/h6-11,14,16,24H,12-13,15H2,1-5H3. The molecule has 0 aromatic heterocycles. The smallest absolute Gasteiger partial charge is 0.261 e. The minimum absolute atomic E-state index is 0.0642. The van der Waals surface area contributed by atoms with Gasteiger partial charge in [-0.25, -0.2) is 8.42 Å². The maximum atomic E-state index is 12.8. The first-order valence-electron chi connectivity index (χ1n) is 10.2. The van der Waals surface area contributed by atoms with Gasteiger partial charge in [-0.05, 0) is 60.4 Å². The molecule has 0 unspecified atom stereocenters. The van der Waals surface area contributed by atoms with Crippen LogP contribution in [0.15, 0.2) is 47.4 Å². The lowest BCUT2D eigenvalue weighted by Crippen LogP contribution is -2.38. The number of sulfonamides is 1. The molecule has 1 heterocycles. The highest BCUT2D eigenvalue weighted by Crippen LogP contribution is 2.34. The summed E-state index contributed by atoms with van der Waals surface area (Å²) in [7, 11) is -3.72. The Morgan fingerprint density at radius 3 is 2.40 bits per heavy atom. The van der Waals surface area contributed by atoms with Crippen LogP contribution < -0.4 is 14.4 Å². The van der Waals surface area contributed by atoms with E-state index in [1.807, 2.05) is 32.9 Å². The quantitative estimate of drug-likeness (QED) is 0.734. The first-order valence-corrected chi connectivity index (χ1v) is 11.7. The number of carbonyl (C=O) groups is 1. The number of amides is 1. The number of hydrogen-bond acceptors (Lipinski definition) is 4. The number of hydrogen-bond donors (Lipinski definition) is 1. The Morgan fingerprint density at radius 2 is 1.80 bits per heavy atom. The highest BCUT2D eigenvalue weighted by atomic mass is 32.2. The van der Waals surface area contributed by atoms with E-state index in [9.17, 15) is 13.2 Å². The number of carbonyl (C=O) groups excluding carboxylic acids is 1. The molecule has 1 aliphatic heterocycles. The van der Waals surface area contributed by atoms with Gasteiger partial charge in [0.1, 0.15) is 5.75 Å². The van der Waals surface area contributed by atoms with Crippen molar-refractivity contribution < 1.29 is 17.9 Å². The Morgan fingerprint density at radius 1 is 1.13 bits per heavy atom. The SMILES string of the molecule is CC(C)COc1ccc(S(=O)(=O)Nc2ccc3c(c2)CCN3C(=O)C(C)(C)C)cc1. The molecule has 0 saturated heterocycles. The molecule has 7 heteroatoms. The largest absolute Gasteiger partial charge is 0.493 e. The molecular formula is C23H30N2O4S. The fraction of sp³-hybridized carbons (Fsp3) is 0.435. The first kappa shape index (κ1) is 22.2. The number of nitrogens with zero attached hydrogens (tertiary/aromatic N) is 1. The van der Waals surface area contributed by atoms with Crippen LogP contribution in [0.1, 0.15) is 40.2 Å². The minimum Gasteiger partial charge on any atom is -0.493 e. The van der Waals surface area contributed by atoms with Crippen molar-refractivity contribution >= 4 is 27.3 Å². The van der Waals surface area contributed by atoms with E-state index in [-0.39, 0.29) is 10.8 Å². The Bertz CT molecular complexity index is 1020. The average Bonchev–Trinajstić information content (AvgIpc) is 3.08. The molecule has 6 nitrogen and oxygen atoms in total. The second kappa shape index (κ2) is 8.30. The normalized spacial score (nSPS) is 14.0. The van der Waals surface area contributed by atoms with Crippen LogP contribution in [0.2, 0.25) is 0 Å². The third-order valence-corrected chi connectivity index (χ3v) is 6.23. The van der Waals surface area contributed by atoms with Crippen LogP contribution >= 0.6 is 0 Å². The summed E-state index contributed by atoms with van der Waals surface area (Å²) in [6.07, 6.45) is 0.703. The molecule has 0 saturated carbocycles. The van der Waals surface area contributed by atoms with E-state index >= 15 is 0 Å². The number of anilines is 2. The second-order valence-electron chi connectivity index (χ2n) is 9.08. The molecule has 0 fully saturated rings. The summed E-state index contributed by atoms with van der Waals surface area (Å²) in [5.41, 5.74) is 1.83. The molecule has 1 aliphatic rings. The first-order chi connectivity index (χ1) is 14.0. The topological polar surface area (TPSA) is 75.7 Å². The van der Waals surface area contributed by atoms with Gasteiger partial charge in [0.15, 0.2) is 0 Å². The van der Waals surface area contributed by atoms with Gasteiger partial charge in [-0.15, -0.1) is 0 Å².